The van der Waals surface area contributed by atoms with E-state index in [2.05, 4.69) is 25.7 Å². The molecule has 0 radical (unpaired) electrons. The minimum Gasteiger partial charge on any atom is -0.497 e. The summed E-state index contributed by atoms with van der Waals surface area (Å²) >= 11 is 0. The Hall–Kier alpha value is -4.14. The minimum absolute atomic E-state index is 0.0460. The first kappa shape index (κ1) is 24.5. The molecule has 9 heteroatoms. The molecule has 0 aliphatic carbocycles. The number of rotatable bonds is 11. The predicted molar refractivity (Wildman–Crippen MR) is 131 cm³/mol. The summed E-state index contributed by atoms with van der Waals surface area (Å²) in [6.07, 6.45) is 4.58. The lowest BCUT2D eigenvalue weighted by atomic mass is 10.1. The highest BCUT2D eigenvalue weighted by atomic mass is 16.5. The highest BCUT2D eigenvalue weighted by Crippen LogP contribution is 2.18. The first-order valence-electron chi connectivity index (χ1n) is 11.0. The van der Waals surface area contributed by atoms with E-state index in [0.717, 1.165) is 16.5 Å². The van der Waals surface area contributed by atoms with Gasteiger partial charge in [0.05, 0.1) is 13.3 Å². The summed E-state index contributed by atoms with van der Waals surface area (Å²) in [5.41, 5.74) is 4.85. The van der Waals surface area contributed by atoms with Crippen molar-refractivity contribution < 1.29 is 19.1 Å². The van der Waals surface area contributed by atoms with Gasteiger partial charge < -0.3 is 19.9 Å². The molecule has 9 nitrogen and oxygen atoms in total. The van der Waals surface area contributed by atoms with Gasteiger partial charge in [-0.05, 0) is 48.4 Å². The van der Waals surface area contributed by atoms with Gasteiger partial charge in [0.25, 0.3) is 5.91 Å². The van der Waals surface area contributed by atoms with Crippen LogP contribution < -0.4 is 20.8 Å². The van der Waals surface area contributed by atoms with E-state index >= 15 is 0 Å². The van der Waals surface area contributed by atoms with Crippen LogP contribution in [0.3, 0.4) is 0 Å². The predicted octanol–water partition coefficient (Wildman–Crippen LogP) is 2.45. The topological polar surface area (TPSA) is 114 Å². The summed E-state index contributed by atoms with van der Waals surface area (Å²) in [5, 5.41) is 10.4. The number of aryl methyl sites for hydroxylation is 1. The lowest BCUT2D eigenvalue weighted by Crippen LogP contribution is -2.33. The minimum atomic E-state index is -0.301. The maximum Gasteiger partial charge on any atom is 0.271 e. The second-order valence-electron chi connectivity index (χ2n) is 7.69. The van der Waals surface area contributed by atoms with Crippen molar-refractivity contribution in [3.8, 4) is 5.75 Å². The first-order chi connectivity index (χ1) is 16.5. The van der Waals surface area contributed by atoms with Gasteiger partial charge in [-0.3, -0.25) is 14.4 Å². The zero-order chi connectivity index (χ0) is 24.3. The molecular weight excluding hydrogens is 434 g/mol. The van der Waals surface area contributed by atoms with Crippen molar-refractivity contribution in [3.05, 3.63) is 65.9 Å². The van der Waals surface area contributed by atoms with E-state index in [1.807, 2.05) is 48.7 Å². The zero-order valence-electron chi connectivity index (χ0n) is 19.3. The highest BCUT2D eigenvalue weighted by molar-refractivity contribution is 5.98. The quantitative estimate of drug-likeness (QED) is 0.230. The number of hydrogen-bond acceptors (Lipinski definition) is 5. The third-order valence-electron chi connectivity index (χ3n) is 5.13. The Morgan fingerprint density at radius 2 is 1.88 bits per heavy atom. The zero-order valence-corrected chi connectivity index (χ0v) is 19.3. The molecule has 0 unspecified atom stereocenters. The number of methoxy groups -OCH3 is 1. The van der Waals surface area contributed by atoms with Crippen LogP contribution in [0, 0.1) is 0 Å². The van der Waals surface area contributed by atoms with Crippen LogP contribution in [0.1, 0.15) is 35.7 Å². The van der Waals surface area contributed by atoms with Gasteiger partial charge in [-0.2, -0.15) is 5.10 Å². The summed E-state index contributed by atoms with van der Waals surface area (Å²) in [4.78, 5) is 35.2. The summed E-state index contributed by atoms with van der Waals surface area (Å²) in [5.74, 6) is 0.253. The van der Waals surface area contributed by atoms with Crippen LogP contribution in [0.4, 0.5) is 0 Å². The van der Waals surface area contributed by atoms with Crippen molar-refractivity contribution in [2.75, 3.05) is 20.2 Å². The largest absolute Gasteiger partial charge is 0.497 e. The van der Waals surface area contributed by atoms with E-state index in [9.17, 15) is 14.4 Å². The molecule has 0 aliphatic rings. The lowest BCUT2D eigenvalue weighted by Gasteiger charge is -2.08. The molecule has 0 atom stereocenters. The molecule has 34 heavy (non-hydrogen) atoms. The standard InChI is InChI=1S/C25H29N5O4/c1-18(31)26-11-12-27-24(32)7-4-13-30-14-10-20-16-21(8-9-23(20)30)25(33)29-28-17-19-5-3-6-22(15-19)34-2/h3,5-6,8-10,14-17H,4,7,11-13H2,1-2H3,(H,26,31)(H,27,32)(H,29,33)/b28-17+. The number of aromatic nitrogens is 1. The number of nitrogens with zero attached hydrogens (tertiary/aromatic N) is 2. The fraction of sp³-hybridized carbons (Fsp3) is 0.280. The number of ether oxygens (including phenoxy) is 1. The molecule has 0 bridgehead atoms. The Morgan fingerprint density at radius 1 is 1.06 bits per heavy atom. The smallest absolute Gasteiger partial charge is 0.271 e. The van der Waals surface area contributed by atoms with Crippen LogP contribution >= 0.6 is 0 Å². The Labute approximate surface area is 198 Å². The molecule has 3 amide bonds. The molecule has 0 saturated carbocycles. The molecule has 178 valence electrons. The van der Waals surface area contributed by atoms with Crippen molar-refractivity contribution in [1.29, 1.82) is 0 Å². The number of nitrogens with one attached hydrogen (secondary N) is 3. The van der Waals surface area contributed by atoms with Crippen LogP contribution in [0.25, 0.3) is 10.9 Å². The van der Waals surface area contributed by atoms with Gasteiger partial charge in [0.2, 0.25) is 11.8 Å². The molecule has 0 saturated heterocycles. The third kappa shape index (κ3) is 7.19. The van der Waals surface area contributed by atoms with E-state index < -0.39 is 0 Å². The summed E-state index contributed by atoms with van der Waals surface area (Å²) < 4.78 is 7.23. The van der Waals surface area contributed by atoms with Crippen LogP contribution in [0.15, 0.2) is 59.8 Å². The monoisotopic (exact) mass is 463 g/mol. The Morgan fingerprint density at radius 3 is 2.68 bits per heavy atom. The van der Waals surface area contributed by atoms with Crippen LogP contribution in [-0.2, 0) is 16.1 Å². The number of hydrogen-bond donors (Lipinski definition) is 3. The molecule has 0 aliphatic heterocycles. The average molecular weight is 464 g/mol. The Kier molecular flexibility index (Phi) is 8.79. The fourth-order valence-electron chi connectivity index (χ4n) is 3.43. The third-order valence-corrected chi connectivity index (χ3v) is 5.13. The van der Waals surface area contributed by atoms with Gasteiger partial charge >= 0.3 is 0 Å². The van der Waals surface area contributed by atoms with Crippen LogP contribution in [0.2, 0.25) is 0 Å². The molecule has 2 aromatic carbocycles. The van der Waals surface area contributed by atoms with E-state index in [1.165, 1.54) is 6.92 Å². The number of carbonyl (C=O) groups is 3. The second-order valence-corrected chi connectivity index (χ2v) is 7.69. The van der Waals surface area contributed by atoms with Gasteiger partial charge in [0.1, 0.15) is 5.75 Å². The molecule has 0 spiro atoms. The van der Waals surface area contributed by atoms with Gasteiger partial charge in [-0.25, -0.2) is 5.43 Å². The number of fused-ring (bicyclic) bond motifs is 1. The van der Waals surface area contributed by atoms with E-state index in [-0.39, 0.29) is 17.7 Å². The molecule has 3 rings (SSSR count). The number of hydrazone groups is 1. The van der Waals surface area contributed by atoms with E-state index in [4.69, 9.17) is 4.74 Å². The van der Waals surface area contributed by atoms with Gasteiger partial charge in [-0.15, -0.1) is 0 Å². The lowest BCUT2D eigenvalue weighted by molar-refractivity contribution is -0.122. The Bertz CT molecular complexity index is 1190. The van der Waals surface area contributed by atoms with Gasteiger partial charge in [0, 0.05) is 55.6 Å². The second kappa shape index (κ2) is 12.2. The van der Waals surface area contributed by atoms with E-state index in [0.29, 0.717) is 43.8 Å². The maximum atomic E-state index is 12.5. The van der Waals surface area contributed by atoms with Crippen LogP contribution in [0.5, 0.6) is 5.75 Å². The van der Waals surface area contributed by atoms with Crippen molar-refractivity contribution >= 4 is 34.8 Å². The van der Waals surface area contributed by atoms with E-state index in [1.54, 1.807) is 19.4 Å². The van der Waals surface area contributed by atoms with Crippen molar-refractivity contribution in [1.82, 2.24) is 20.6 Å². The van der Waals surface area contributed by atoms with Crippen molar-refractivity contribution in [2.24, 2.45) is 5.10 Å². The SMILES string of the molecule is COc1cccc(/C=N/NC(=O)c2ccc3c(ccn3CCCC(=O)NCCNC(C)=O)c2)c1. The molecule has 3 N–H and O–H groups in total. The number of benzene rings is 2. The van der Waals surface area contributed by atoms with Gasteiger partial charge in [0.15, 0.2) is 0 Å². The molecule has 0 fully saturated rings. The maximum absolute atomic E-state index is 12.5. The molecule has 1 heterocycles. The normalized spacial score (nSPS) is 10.9. The first-order valence-corrected chi connectivity index (χ1v) is 11.0. The molecular formula is C25H29N5O4. The fourth-order valence-corrected chi connectivity index (χ4v) is 3.43. The van der Waals surface area contributed by atoms with Crippen LogP contribution in [-0.4, -0.2) is 48.7 Å². The Balaban J connectivity index is 1.50. The average Bonchev–Trinajstić information content (AvgIpc) is 3.24. The van der Waals surface area contributed by atoms with Gasteiger partial charge in [-0.1, -0.05) is 12.1 Å². The van der Waals surface area contributed by atoms with Crippen molar-refractivity contribution in [2.45, 2.75) is 26.3 Å². The number of carbonyl (C=O) groups excluding carboxylic acids is 3. The summed E-state index contributed by atoms with van der Waals surface area (Å²) in [7, 11) is 1.59. The number of amides is 3. The van der Waals surface area contributed by atoms with Crippen molar-refractivity contribution in [3.63, 3.8) is 0 Å². The summed E-state index contributed by atoms with van der Waals surface area (Å²) in [6, 6.07) is 14.8. The highest BCUT2D eigenvalue weighted by Gasteiger charge is 2.09. The molecule has 3 aromatic rings. The molecule has 1 aromatic heterocycles. The summed E-state index contributed by atoms with van der Waals surface area (Å²) in [6.45, 7) is 2.96.